The van der Waals surface area contributed by atoms with Crippen molar-refractivity contribution in [3.8, 4) is 0 Å². The molecule has 1 fully saturated rings. The molecule has 1 aromatic heterocycles. The van der Waals surface area contributed by atoms with E-state index in [9.17, 15) is 4.79 Å². The molecule has 12 heavy (non-hydrogen) atoms. The van der Waals surface area contributed by atoms with Crippen LogP contribution in [-0.2, 0) is 0 Å². The fraction of sp³-hybridized carbons (Fsp3) is 0.500. The number of ketones is 1. The zero-order chi connectivity index (χ0) is 8.39. The van der Waals surface area contributed by atoms with Crippen LogP contribution in [0.4, 0.5) is 0 Å². The first-order chi connectivity index (χ1) is 5.88. The molecule has 0 amide bonds. The summed E-state index contributed by atoms with van der Waals surface area (Å²) >= 11 is 1.42. The van der Waals surface area contributed by atoms with Crippen LogP contribution in [0.2, 0.25) is 0 Å². The maximum absolute atomic E-state index is 11.6. The molecule has 0 saturated carbocycles. The molecule has 0 unspecified atom stereocenters. The zero-order valence-corrected chi connectivity index (χ0v) is 7.43. The predicted octanol–water partition coefficient (Wildman–Crippen LogP) is 1.08. The molecule has 1 N–H and O–H groups in total. The number of aromatic nitrogens is 1. The first kappa shape index (κ1) is 7.89. The van der Waals surface area contributed by atoms with Gasteiger partial charge in [-0.3, -0.25) is 4.79 Å². The first-order valence-corrected chi connectivity index (χ1v) is 4.93. The van der Waals surface area contributed by atoms with Crippen molar-refractivity contribution >= 4 is 17.1 Å². The molecule has 0 spiro atoms. The Morgan fingerprint density at radius 1 is 1.75 bits per heavy atom. The van der Waals surface area contributed by atoms with Gasteiger partial charge in [-0.15, -0.1) is 11.3 Å². The minimum Gasteiger partial charge on any atom is -0.307 e. The molecule has 1 aliphatic heterocycles. The molecule has 1 atom stereocenters. The van der Waals surface area contributed by atoms with Crippen LogP contribution in [0.3, 0.4) is 0 Å². The molecule has 1 aromatic rings. The highest BCUT2D eigenvalue weighted by atomic mass is 32.1. The molecule has 0 aromatic carbocycles. The highest BCUT2D eigenvalue weighted by Gasteiger charge is 2.24. The number of Topliss-reactive ketones (excluding diaryl/α,β-unsaturated/α-hetero) is 1. The zero-order valence-electron chi connectivity index (χ0n) is 6.62. The summed E-state index contributed by atoms with van der Waals surface area (Å²) in [7, 11) is 0. The lowest BCUT2D eigenvalue weighted by Gasteiger charge is -2.04. The maximum Gasteiger partial charge on any atom is 0.208 e. The third kappa shape index (κ3) is 1.40. The van der Waals surface area contributed by atoms with Crippen molar-refractivity contribution < 1.29 is 4.79 Å². The average Bonchev–Trinajstić information content (AvgIpc) is 2.77. The monoisotopic (exact) mass is 182 g/mol. The molecule has 2 rings (SSSR count). The van der Waals surface area contributed by atoms with Crippen LogP contribution >= 0.6 is 11.3 Å². The van der Waals surface area contributed by atoms with Gasteiger partial charge in [0.25, 0.3) is 0 Å². The Bertz CT molecular complexity index is 265. The van der Waals surface area contributed by atoms with Gasteiger partial charge in [0, 0.05) is 11.6 Å². The Labute approximate surface area is 74.8 Å². The summed E-state index contributed by atoms with van der Waals surface area (Å²) in [4.78, 5) is 15.6. The third-order valence-electron chi connectivity index (χ3n) is 2.02. The summed E-state index contributed by atoms with van der Waals surface area (Å²) in [6.07, 6.45) is 3.73. The van der Waals surface area contributed by atoms with Gasteiger partial charge in [-0.1, -0.05) is 0 Å². The van der Waals surface area contributed by atoms with Crippen LogP contribution in [0.25, 0.3) is 0 Å². The summed E-state index contributed by atoms with van der Waals surface area (Å²) in [5, 5.41) is 5.63. The van der Waals surface area contributed by atoms with Crippen LogP contribution in [0.1, 0.15) is 22.6 Å². The average molecular weight is 182 g/mol. The molecule has 4 heteroatoms. The second-order valence-electron chi connectivity index (χ2n) is 2.85. The number of thiazole rings is 1. The van der Waals surface area contributed by atoms with Gasteiger partial charge in [-0.05, 0) is 19.4 Å². The van der Waals surface area contributed by atoms with E-state index in [1.54, 1.807) is 6.20 Å². The normalized spacial score (nSPS) is 22.8. The quantitative estimate of drug-likeness (QED) is 0.696. The molecule has 64 valence electrons. The van der Waals surface area contributed by atoms with Gasteiger partial charge < -0.3 is 5.32 Å². The number of nitrogens with one attached hydrogen (secondary N) is 1. The van der Waals surface area contributed by atoms with E-state index in [2.05, 4.69) is 10.3 Å². The standard InChI is InChI=1S/C8H10N2OS/c11-7(6-2-1-3-9-6)8-10-4-5-12-8/h4-6,9H,1-3H2/t6-/m0/s1. The lowest BCUT2D eigenvalue weighted by Crippen LogP contribution is -2.30. The smallest absolute Gasteiger partial charge is 0.208 e. The van der Waals surface area contributed by atoms with Gasteiger partial charge in [0.05, 0.1) is 6.04 Å². The molecular weight excluding hydrogens is 172 g/mol. The summed E-state index contributed by atoms with van der Waals surface area (Å²) in [6.45, 7) is 0.960. The highest BCUT2D eigenvalue weighted by molar-refractivity contribution is 7.11. The maximum atomic E-state index is 11.6. The van der Waals surface area contributed by atoms with Crippen molar-refractivity contribution in [2.45, 2.75) is 18.9 Å². The number of nitrogens with zero attached hydrogens (tertiary/aromatic N) is 1. The molecule has 1 saturated heterocycles. The second-order valence-corrected chi connectivity index (χ2v) is 3.75. The van der Waals surface area contributed by atoms with E-state index in [1.165, 1.54) is 11.3 Å². The fourth-order valence-corrected chi connectivity index (χ4v) is 2.03. The molecule has 3 nitrogen and oxygen atoms in total. The highest BCUT2D eigenvalue weighted by Crippen LogP contribution is 2.13. The van der Waals surface area contributed by atoms with Gasteiger partial charge in [0.2, 0.25) is 5.78 Å². The lowest BCUT2D eigenvalue weighted by atomic mass is 10.1. The molecule has 0 aliphatic carbocycles. The Kier molecular flexibility index (Phi) is 2.19. The minimum atomic E-state index is 0.0242. The summed E-state index contributed by atoms with van der Waals surface area (Å²) < 4.78 is 0. The largest absolute Gasteiger partial charge is 0.307 e. The van der Waals surface area contributed by atoms with E-state index >= 15 is 0 Å². The summed E-state index contributed by atoms with van der Waals surface area (Å²) in [6, 6.07) is 0.0242. The predicted molar refractivity (Wildman–Crippen MR) is 47.5 cm³/mol. The van der Waals surface area contributed by atoms with Crippen molar-refractivity contribution in [3.05, 3.63) is 16.6 Å². The Morgan fingerprint density at radius 2 is 2.67 bits per heavy atom. The van der Waals surface area contributed by atoms with Gasteiger partial charge in [0.15, 0.2) is 5.01 Å². The van der Waals surface area contributed by atoms with Gasteiger partial charge in [-0.25, -0.2) is 4.98 Å². The second kappa shape index (κ2) is 3.33. The van der Waals surface area contributed by atoms with Gasteiger partial charge in [0.1, 0.15) is 0 Å². The Morgan fingerprint density at radius 3 is 3.25 bits per heavy atom. The first-order valence-electron chi connectivity index (χ1n) is 4.05. The van der Waals surface area contributed by atoms with Crippen molar-refractivity contribution in [3.63, 3.8) is 0 Å². The van der Waals surface area contributed by atoms with E-state index in [0.717, 1.165) is 19.4 Å². The molecular formula is C8H10N2OS. The van der Waals surface area contributed by atoms with Crippen LogP contribution in [0.5, 0.6) is 0 Å². The van der Waals surface area contributed by atoms with Crippen molar-refractivity contribution in [2.24, 2.45) is 0 Å². The van der Waals surface area contributed by atoms with Crippen molar-refractivity contribution in [1.82, 2.24) is 10.3 Å². The number of hydrogen-bond donors (Lipinski definition) is 1. The van der Waals surface area contributed by atoms with Crippen LogP contribution in [0.15, 0.2) is 11.6 Å². The Hall–Kier alpha value is -0.740. The van der Waals surface area contributed by atoms with E-state index in [-0.39, 0.29) is 11.8 Å². The number of hydrogen-bond acceptors (Lipinski definition) is 4. The third-order valence-corrected chi connectivity index (χ3v) is 2.81. The minimum absolute atomic E-state index is 0.0242. The summed E-state index contributed by atoms with van der Waals surface area (Å²) in [5.74, 6) is 0.155. The molecule has 0 bridgehead atoms. The van der Waals surface area contributed by atoms with E-state index in [4.69, 9.17) is 0 Å². The fourth-order valence-electron chi connectivity index (χ4n) is 1.40. The van der Waals surface area contributed by atoms with Crippen molar-refractivity contribution in [2.75, 3.05) is 6.54 Å². The van der Waals surface area contributed by atoms with E-state index < -0.39 is 0 Å². The van der Waals surface area contributed by atoms with E-state index in [1.807, 2.05) is 5.38 Å². The lowest BCUT2D eigenvalue weighted by molar-refractivity contribution is 0.0952. The molecule has 2 heterocycles. The number of carbonyl (C=O) groups excluding carboxylic acids is 1. The number of carbonyl (C=O) groups is 1. The molecule has 0 radical (unpaired) electrons. The van der Waals surface area contributed by atoms with Gasteiger partial charge >= 0.3 is 0 Å². The van der Waals surface area contributed by atoms with Crippen LogP contribution in [-0.4, -0.2) is 23.4 Å². The number of rotatable bonds is 2. The van der Waals surface area contributed by atoms with Gasteiger partial charge in [-0.2, -0.15) is 0 Å². The van der Waals surface area contributed by atoms with Crippen LogP contribution < -0.4 is 5.32 Å². The Balaban J connectivity index is 2.09. The SMILES string of the molecule is O=C(c1nccs1)[C@@H]1CCCN1. The topological polar surface area (TPSA) is 42.0 Å². The summed E-state index contributed by atoms with van der Waals surface area (Å²) in [5.41, 5.74) is 0. The van der Waals surface area contributed by atoms with E-state index in [0.29, 0.717) is 5.01 Å². The van der Waals surface area contributed by atoms with Crippen LogP contribution in [0, 0.1) is 0 Å². The van der Waals surface area contributed by atoms with Crippen molar-refractivity contribution in [1.29, 1.82) is 0 Å². The molecule has 1 aliphatic rings.